The number of hydrogen-bond acceptors (Lipinski definition) is 4. The molecule has 1 fully saturated rings. The van der Waals surface area contributed by atoms with Gasteiger partial charge >= 0.3 is 0 Å². The number of nitrogens with one attached hydrogen (secondary N) is 1. The Labute approximate surface area is 165 Å². The van der Waals surface area contributed by atoms with Gasteiger partial charge in [-0.3, -0.25) is 9.59 Å². The molecule has 1 amide bonds. The van der Waals surface area contributed by atoms with Crippen LogP contribution in [-0.2, 0) is 16.1 Å². The molecule has 1 aliphatic rings. The predicted molar refractivity (Wildman–Crippen MR) is 110 cm³/mol. The Balaban J connectivity index is 1.86. The Morgan fingerprint density at radius 3 is 2.71 bits per heavy atom. The summed E-state index contributed by atoms with van der Waals surface area (Å²) in [7, 11) is 1.62. The summed E-state index contributed by atoms with van der Waals surface area (Å²) in [6, 6.07) is 7.22. The number of amides is 1. The normalized spacial score (nSPS) is 20.0. The van der Waals surface area contributed by atoms with Gasteiger partial charge in [-0.25, -0.2) is 4.98 Å². The second-order valence-electron chi connectivity index (χ2n) is 8.35. The molecule has 0 aliphatic heterocycles. The summed E-state index contributed by atoms with van der Waals surface area (Å²) in [5.74, 6) is 0.746. The zero-order valence-corrected chi connectivity index (χ0v) is 17.3. The Kier molecular flexibility index (Phi) is 5.70. The molecule has 2 aromatic rings. The number of carbonyl (C=O) groups is 1. The van der Waals surface area contributed by atoms with Crippen molar-refractivity contribution in [3.05, 3.63) is 52.1 Å². The van der Waals surface area contributed by atoms with E-state index in [1.165, 1.54) is 5.57 Å². The highest BCUT2D eigenvalue weighted by molar-refractivity contribution is 5.84. The van der Waals surface area contributed by atoms with Gasteiger partial charge in [-0.15, -0.1) is 0 Å². The van der Waals surface area contributed by atoms with Crippen LogP contribution in [0.2, 0.25) is 0 Å². The monoisotopic (exact) mass is 383 g/mol. The maximum absolute atomic E-state index is 13.3. The van der Waals surface area contributed by atoms with E-state index in [1.807, 2.05) is 18.2 Å². The number of para-hydroxylation sites is 1. The number of rotatable bonds is 7. The van der Waals surface area contributed by atoms with Crippen molar-refractivity contribution in [3.63, 3.8) is 0 Å². The molecule has 28 heavy (non-hydrogen) atoms. The molecule has 0 spiro atoms. The topological polar surface area (TPSA) is 75.3 Å². The van der Waals surface area contributed by atoms with Crippen molar-refractivity contribution in [2.45, 2.75) is 34.2 Å². The maximum atomic E-state index is 13.3. The lowest BCUT2D eigenvalue weighted by Crippen LogP contribution is -2.36. The summed E-state index contributed by atoms with van der Waals surface area (Å²) < 4.78 is 5.20. The van der Waals surface area contributed by atoms with Crippen molar-refractivity contribution in [2.24, 2.45) is 17.3 Å². The van der Waals surface area contributed by atoms with Gasteiger partial charge < -0.3 is 14.6 Å². The summed E-state index contributed by atoms with van der Waals surface area (Å²) >= 11 is 0. The van der Waals surface area contributed by atoms with Crippen LogP contribution in [0.25, 0.3) is 10.9 Å². The van der Waals surface area contributed by atoms with Gasteiger partial charge in [0.25, 0.3) is 5.56 Å². The lowest BCUT2D eigenvalue weighted by Gasteiger charge is -2.23. The van der Waals surface area contributed by atoms with Crippen molar-refractivity contribution in [1.29, 1.82) is 0 Å². The van der Waals surface area contributed by atoms with Gasteiger partial charge in [0.05, 0.1) is 30.0 Å². The lowest BCUT2D eigenvalue weighted by atomic mass is 10.1. The van der Waals surface area contributed by atoms with Gasteiger partial charge in [-0.1, -0.05) is 37.6 Å². The molecule has 1 saturated carbocycles. The number of ether oxygens (including phenoxy) is 1. The van der Waals surface area contributed by atoms with E-state index < -0.39 is 0 Å². The SMILES string of the molecule is COCCN(Cc1nc2ccccc2c(=O)[nH]1)C(=O)[C@H]1[C@H](C=C(C)C)C1(C)C. The first kappa shape index (κ1) is 20.3. The largest absolute Gasteiger partial charge is 0.383 e. The van der Waals surface area contributed by atoms with Crippen LogP contribution >= 0.6 is 0 Å². The molecule has 6 nitrogen and oxygen atoms in total. The van der Waals surface area contributed by atoms with Gasteiger partial charge in [0.1, 0.15) is 5.82 Å². The third kappa shape index (κ3) is 4.02. The van der Waals surface area contributed by atoms with Gasteiger partial charge in [0.2, 0.25) is 5.91 Å². The second-order valence-corrected chi connectivity index (χ2v) is 8.35. The van der Waals surface area contributed by atoms with E-state index in [0.29, 0.717) is 29.9 Å². The first-order valence-corrected chi connectivity index (χ1v) is 9.66. The van der Waals surface area contributed by atoms with E-state index in [2.05, 4.69) is 43.7 Å². The lowest BCUT2D eigenvalue weighted by molar-refractivity contribution is -0.134. The number of hydrogen-bond donors (Lipinski definition) is 1. The van der Waals surface area contributed by atoms with Crippen molar-refractivity contribution in [3.8, 4) is 0 Å². The van der Waals surface area contributed by atoms with Gasteiger partial charge in [-0.2, -0.15) is 0 Å². The summed E-state index contributed by atoms with van der Waals surface area (Å²) in [5, 5.41) is 0.549. The number of H-pyrrole nitrogens is 1. The highest BCUT2D eigenvalue weighted by atomic mass is 16.5. The molecule has 1 heterocycles. The van der Waals surface area contributed by atoms with Crippen molar-refractivity contribution in [1.82, 2.24) is 14.9 Å². The Bertz CT molecular complexity index is 957. The molecule has 0 bridgehead atoms. The fourth-order valence-corrected chi connectivity index (χ4v) is 3.88. The smallest absolute Gasteiger partial charge is 0.258 e. The fourth-order valence-electron chi connectivity index (χ4n) is 3.88. The molecule has 3 rings (SSSR count). The maximum Gasteiger partial charge on any atom is 0.258 e. The van der Waals surface area contributed by atoms with Crippen LogP contribution in [0.15, 0.2) is 40.7 Å². The Morgan fingerprint density at radius 2 is 2.04 bits per heavy atom. The van der Waals surface area contributed by atoms with Crippen LogP contribution in [0.3, 0.4) is 0 Å². The van der Waals surface area contributed by atoms with Crippen molar-refractivity contribution in [2.75, 3.05) is 20.3 Å². The summed E-state index contributed by atoms with van der Waals surface area (Å²) in [4.78, 5) is 34.8. The number of aromatic nitrogens is 2. The predicted octanol–water partition coefficient (Wildman–Crippen LogP) is 3.14. The van der Waals surface area contributed by atoms with Crippen molar-refractivity contribution < 1.29 is 9.53 Å². The zero-order chi connectivity index (χ0) is 20.5. The average Bonchev–Trinajstić information content (AvgIpc) is 3.17. The number of aromatic amines is 1. The van der Waals surface area contributed by atoms with E-state index in [4.69, 9.17) is 4.74 Å². The number of fused-ring (bicyclic) bond motifs is 1. The molecule has 0 radical (unpaired) electrons. The minimum Gasteiger partial charge on any atom is -0.383 e. The highest BCUT2D eigenvalue weighted by Gasteiger charge is 2.61. The number of nitrogens with zero attached hydrogens (tertiary/aromatic N) is 2. The van der Waals surface area contributed by atoms with Gasteiger partial charge in [0.15, 0.2) is 0 Å². The fraction of sp³-hybridized carbons (Fsp3) is 0.500. The summed E-state index contributed by atoms with van der Waals surface area (Å²) in [5.41, 5.74) is 1.60. The molecule has 0 saturated heterocycles. The standard InChI is InChI=1S/C22H29N3O3/c1-14(2)12-16-19(22(16,3)4)21(27)25(10-11-28-5)13-18-23-17-9-7-6-8-15(17)20(26)24-18/h6-9,12,16,19H,10-11,13H2,1-5H3,(H,23,24,26)/t16-,19+/m0/s1. The van der Waals surface area contributed by atoms with Crippen LogP contribution in [0.4, 0.5) is 0 Å². The molecule has 0 unspecified atom stereocenters. The molecular weight excluding hydrogens is 354 g/mol. The van der Waals surface area contributed by atoms with Crippen LogP contribution < -0.4 is 5.56 Å². The van der Waals surface area contributed by atoms with E-state index >= 15 is 0 Å². The molecular formula is C22H29N3O3. The number of methoxy groups -OCH3 is 1. The average molecular weight is 383 g/mol. The van der Waals surface area contributed by atoms with E-state index in [9.17, 15) is 9.59 Å². The van der Waals surface area contributed by atoms with Crippen LogP contribution in [0, 0.1) is 17.3 Å². The quantitative estimate of drug-likeness (QED) is 0.746. The van der Waals surface area contributed by atoms with Crippen LogP contribution in [0.1, 0.15) is 33.5 Å². The highest BCUT2D eigenvalue weighted by Crippen LogP contribution is 2.60. The second kappa shape index (κ2) is 7.87. The summed E-state index contributed by atoms with van der Waals surface area (Å²) in [6.07, 6.45) is 2.19. The third-order valence-electron chi connectivity index (χ3n) is 5.57. The molecule has 1 N–H and O–H groups in total. The molecule has 1 aromatic carbocycles. The van der Waals surface area contributed by atoms with Gasteiger partial charge in [0, 0.05) is 13.7 Å². The molecule has 150 valence electrons. The summed E-state index contributed by atoms with van der Waals surface area (Å²) in [6.45, 7) is 9.53. The van der Waals surface area contributed by atoms with E-state index in [0.717, 1.165) is 0 Å². The third-order valence-corrected chi connectivity index (χ3v) is 5.57. The molecule has 1 aliphatic carbocycles. The van der Waals surface area contributed by atoms with Gasteiger partial charge in [-0.05, 0) is 37.3 Å². The molecule has 2 atom stereocenters. The number of carbonyl (C=O) groups excluding carboxylic acids is 1. The first-order valence-electron chi connectivity index (χ1n) is 9.66. The van der Waals surface area contributed by atoms with Crippen LogP contribution in [-0.4, -0.2) is 41.0 Å². The van der Waals surface area contributed by atoms with E-state index in [-0.39, 0.29) is 35.3 Å². The minimum atomic E-state index is -0.186. The minimum absolute atomic E-state index is 0.0635. The van der Waals surface area contributed by atoms with Crippen molar-refractivity contribution >= 4 is 16.8 Å². The number of allylic oxidation sites excluding steroid dienone is 2. The molecule has 1 aromatic heterocycles. The first-order chi connectivity index (χ1) is 13.3. The molecule has 6 heteroatoms. The Hall–Kier alpha value is -2.47. The van der Waals surface area contributed by atoms with Crippen LogP contribution in [0.5, 0.6) is 0 Å². The zero-order valence-electron chi connectivity index (χ0n) is 17.3. The Morgan fingerprint density at radius 1 is 1.32 bits per heavy atom. The number of benzene rings is 1. The van der Waals surface area contributed by atoms with E-state index in [1.54, 1.807) is 18.1 Å².